The van der Waals surface area contributed by atoms with Gasteiger partial charge < -0.3 is 15.2 Å². The largest absolute Gasteiger partial charge is 1.00 e. The van der Waals surface area contributed by atoms with Crippen molar-refractivity contribution in [1.82, 2.24) is 0 Å². The van der Waals surface area contributed by atoms with Crippen LogP contribution in [0.4, 0.5) is 5.69 Å². The van der Waals surface area contributed by atoms with E-state index in [2.05, 4.69) is 5.32 Å². The summed E-state index contributed by atoms with van der Waals surface area (Å²) < 4.78 is 1.15. The van der Waals surface area contributed by atoms with Crippen LogP contribution in [0.15, 0.2) is 29.6 Å². The second kappa shape index (κ2) is 5.51. The van der Waals surface area contributed by atoms with Crippen LogP contribution in [0.5, 0.6) is 0 Å². The van der Waals surface area contributed by atoms with Gasteiger partial charge in [-0.1, -0.05) is 18.2 Å². The Balaban J connectivity index is 0.00000112. The molecule has 0 amide bonds. The standard InChI is InChI=1S/C10H9NO2S.Na/c12-10(13)5-11-8-6-14-9-4-2-1-3-7(8)9;/h1-4,6,11H,5H2,(H,12,13);/q;+1/p-1. The molecule has 0 unspecified atom stereocenters. The summed E-state index contributed by atoms with van der Waals surface area (Å²) >= 11 is 1.59. The molecule has 0 saturated carbocycles. The normalized spacial score (nSPS) is 9.60. The minimum Gasteiger partial charge on any atom is -0.548 e. The molecule has 0 radical (unpaired) electrons. The molecular formula is C10H8NNaO2S. The Morgan fingerprint density at radius 2 is 2.13 bits per heavy atom. The van der Waals surface area contributed by atoms with Crippen LogP contribution in [0, 0.1) is 0 Å². The van der Waals surface area contributed by atoms with E-state index in [4.69, 9.17) is 0 Å². The van der Waals surface area contributed by atoms with Crippen molar-refractivity contribution < 1.29 is 39.5 Å². The first-order valence-electron chi connectivity index (χ1n) is 4.17. The van der Waals surface area contributed by atoms with Crippen molar-refractivity contribution in [1.29, 1.82) is 0 Å². The van der Waals surface area contributed by atoms with Gasteiger partial charge in [0.1, 0.15) is 0 Å². The SMILES string of the molecule is O=C([O-])CNc1csc2ccccc12.[Na+]. The van der Waals surface area contributed by atoms with Crippen molar-refractivity contribution >= 4 is 33.1 Å². The molecule has 2 rings (SSSR count). The summed E-state index contributed by atoms with van der Waals surface area (Å²) in [5, 5.41) is 16.0. The van der Waals surface area contributed by atoms with Crippen LogP contribution in [-0.4, -0.2) is 12.5 Å². The fraction of sp³-hybridized carbons (Fsp3) is 0.100. The molecule has 0 aliphatic rings. The fourth-order valence-electron chi connectivity index (χ4n) is 1.28. The molecule has 0 fully saturated rings. The van der Waals surface area contributed by atoms with Gasteiger partial charge in [0.2, 0.25) is 0 Å². The first-order chi connectivity index (χ1) is 6.77. The van der Waals surface area contributed by atoms with Crippen molar-refractivity contribution in [3.8, 4) is 0 Å². The van der Waals surface area contributed by atoms with Gasteiger partial charge in [-0.3, -0.25) is 0 Å². The minimum atomic E-state index is -1.10. The summed E-state index contributed by atoms with van der Waals surface area (Å²) in [6.45, 7) is -0.152. The molecule has 0 aliphatic carbocycles. The zero-order valence-corrected chi connectivity index (χ0v) is 11.1. The Kier molecular flexibility index (Phi) is 4.60. The molecule has 0 aliphatic heterocycles. The number of rotatable bonds is 3. The Labute approximate surface area is 113 Å². The Morgan fingerprint density at radius 1 is 1.40 bits per heavy atom. The Hall–Kier alpha value is -0.550. The van der Waals surface area contributed by atoms with Crippen LogP contribution < -0.4 is 40.0 Å². The second-order valence-electron chi connectivity index (χ2n) is 2.87. The van der Waals surface area contributed by atoms with Crippen LogP contribution in [0.25, 0.3) is 10.1 Å². The topological polar surface area (TPSA) is 52.2 Å². The van der Waals surface area contributed by atoms with Crippen molar-refractivity contribution in [2.75, 3.05) is 11.9 Å². The van der Waals surface area contributed by atoms with E-state index in [1.807, 2.05) is 29.6 Å². The van der Waals surface area contributed by atoms with Crippen molar-refractivity contribution in [3.63, 3.8) is 0 Å². The van der Waals surface area contributed by atoms with Gasteiger partial charge in [0.15, 0.2) is 0 Å². The smallest absolute Gasteiger partial charge is 0.548 e. The Bertz CT molecular complexity index is 469. The van der Waals surface area contributed by atoms with Gasteiger partial charge >= 0.3 is 29.6 Å². The maximum absolute atomic E-state index is 10.3. The van der Waals surface area contributed by atoms with Crippen LogP contribution in [0.1, 0.15) is 0 Å². The molecule has 0 atom stereocenters. The fourth-order valence-corrected chi connectivity index (χ4v) is 2.20. The van der Waals surface area contributed by atoms with Gasteiger partial charge in [-0.15, -0.1) is 11.3 Å². The molecule has 2 aromatic rings. The van der Waals surface area contributed by atoms with Gasteiger partial charge in [-0.25, -0.2) is 0 Å². The molecule has 3 nitrogen and oxygen atoms in total. The van der Waals surface area contributed by atoms with E-state index in [-0.39, 0.29) is 36.1 Å². The third-order valence-corrected chi connectivity index (χ3v) is 2.87. The van der Waals surface area contributed by atoms with Crippen molar-refractivity contribution in [3.05, 3.63) is 29.6 Å². The van der Waals surface area contributed by atoms with E-state index in [1.165, 1.54) is 0 Å². The molecule has 5 heteroatoms. The monoisotopic (exact) mass is 229 g/mol. The number of hydrogen-bond acceptors (Lipinski definition) is 4. The number of aliphatic carboxylic acids is 1. The van der Waals surface area contributed by atoms with Crippen LogP contribution >= 0.6 is 11.3 Å². The maximum Gasteiger partial charge on any atom is 1.00 e. The summed E-state index contributed by atoms with van der Waals surface area (Å²) in [4.78, 5) is 10.3. The van der Waals surface area contributed by atoms with Gasteiger partial charge in [-0.05, 0) is 6.07 Å². The second-order valence-corrected chi connectivity index (χ2v) is 3.78. The summed E-state index contributed by atoms with van der Waals surface area (Å²) in [6, 6.07) is 7.86. The maximum atomic E-state index is 10.3. The predicted molar refractivity (Wildman–Crippen MR) is 55.3 cm³/mol. The van der Waals surface area contributed by atoms with Crippen molar-refractivity contribution in [2.24, 2.45) is 0 Å². The average Bonchev–Trinajstić information content (AvgIpc) is 2.58. The van der Waals surface area contributed by atoms with Crippen LogP contribution in [0.2, 0.25) is 0 Å². The number of benzene rings is 1. The van der Waals surface area contributed by atoms with Crippen LogP contribution in [0.3, 0.4) is 0 Å². The molecule has 1 aromatic heterocycles. The number of anilines is 1. The molecule has 0 bridgehead atoms. The quantitative estimate of drug-likeness (QED) is 0.623. The molecule has 72 valence electrons. The number of carbonyl (C=O) groups excluding carboxylic acids is 1. The number of carboxylic acids is 1. The molecule has 0 spiro atoms. The van der Waals surface area contributed by atoms with E-state index < -0.39 is 5.97 Å². The van der Waals surface area contributed by atoms with E-state index in [9.17, 15) is 9.90 Å². The molecule has 1 N–H and O–H groups in total. The first-order valence-corrected chi connectivity index (χ1v) is 5.05. The van der Waals surface area contributed by atoms with E-state index in [0.29, 0.717) is 0 Å². The summed E-state index contributed by atoms with van der Waals surface area (Å²) in [5.41, 5.74) is 0.856. The summed E-state index contributed by atoms with van der Waals surface area (Å²) in [7, 11) is 0. The van der Waals surface area contributed by atoms with E-state index in [0.717, 1.165) is 15.8 Å². The van der Waals surface area contributed by atoms with Crippen molar-refractivity contribution in [2.45, 2.75) is 0 Å². The first kappa shape index (κ1) is 12.5. The third kappa shape index (κ3) is 2.95. The predicted octanol–water partition coefficient (Wildman–Crippen LogP) is -1.93. The van der Waals surface area contributed by atoms with Gasteiger partial charge in [0.05, 0.1) is 18.2 Å². The third-order valence-electron chi connectivity index (χ3n) is 1.90. The molecule has 0 saturated heterocycles. The molecule has 1 aromatic carbocycles. The number of hydrogen-bond donors (Lipinski definition) is 1. The summed E-state index contributed by atoms with van der Waals surface area (Å²) in [5.74, 6) is -1.10. The molecule has 1 heterocycles. The van der Waals surface area contributed by atoms with Crippen LogP contribution in [-0.2, 0) is 4.79 Å². The zero-order chi connectivity index (χ0) is 9.97. The number of carbonyl (C=O) groups is 1. The number of nitrogens with one attached hydrogen (secondary N) is 1. The van der Waals surface area contributed by atoms with E-state index in [1.54, 1.807) is 11.3 Å². The summed E-state index contributed by atoms with van der Waals surface area (Å²) in [6.07, 6.45) is 0. The van der Waals surface area contributed by atoms with Gasteiger partial charge in [0.25, 0.3) is 0 Å². The van der Waals surface area contributed by atoms with Gasteiger partial charge in [0, 0.05) is 15.5 Å². The molecular weight excluding hydrogens is 221 g/mol. The minimum absolute atomic E-state index is 0. The molecule has 15 heavy (non-hydrogen) atoms. The average molecular weight is 229 g/mol. The zero-order valence-electron chi connectivity index (χ0n) is 8.32. The number of fused-ring (bicyclic) bond motifs is 1. The van der Waals surface area contributed by atoms with Gasteiger partial charge in [-0.2, -0.15) is 0 Å². The Morgan fingerprint density at radius 3 is 2.87 bits per heavy atom. The van der Waals surface area contributed by atoms with E-state index >= 15 is 0 Å². The number of carboxylic acid groups (broad SMARTS) is 1. The number of thiophene rings is 1.